The van der Waals surface area contributed by atoms with Gasteiger partial charge < -0.3 is 9.13 Å². The van der Waals surface area contributed by atoms with Gasteiger partial charge in [-0.1, -0.05) is 160 Å². The molecule has 5 aromatic rings. The van der Waals surface area contributed by atoms with Crippen molar-refractivity contribution in [3.63, 3.8) is 0 Å². The molecule has 2 aromatic carbocycles. The van der Waals surface area contributed by atoms with Gasteiger partial charge in [0.25, 0.3) is 0 Å². The third-order valence-corrected chi connectivity index (χ3v) is 9.99. The summed E-state index contributed by atoms with van der Waals surface area (Å²) >= 11 is 1.61. The summed E-state index contributed by atoms with van der Waals surface area (Å²) in [5.74, 6) is 1.93. The van der Waals surface area contributed by atoms with E-state index in [2.05, 4.69) is 99.1 Å². The van der Waals surface area contributed by atoms with E-state index in [1.807, 2.05) is 20.3 Å². The quantitative estimate of drug-likeness (QED) is 0.0268. The number of hydrogen-bond donors (Lipinski definition) is 0. The molecule has 0 bridgehead atoms. The van der Waals surface area contributed by atoms with Crippen molar-refractivity contribution >= 4 is 39.3 Å². The van der Waals surface area contributed by atoms with E-state index in [1.54, 1.807) is 18.8 Å². The number of nitrogens with zero attached hydrogens (tertiary/aromatic N) is 5. The number of halogens is 7. The van der Waals surface area contributed by atoms with Gasteiger partial charge in [0, 0.05) is 13.1 Å². The summed E-state index contributed by atoms with van der Waals surface area (Å²) in [7, 11) is -6.05. The second kappa shape index (κ2) is 27.4. The summed E-state index contributed by atoms with van der Waals surface area (Å²) in [5, 5.41) is 0. The zero-order valence-electron chi connectivity index (χ0n) is 36.1. The van der Waals surface area contributed by atoms with E-state index >= 15 is 0 Å². The molecule has 0 aliphatic carbocycles. The molecule has 0 aliphatic heterocycles. The number of pyridine rings is 1. The maximum absolute atomic E-state index is 10.7. The van der Waals surface area contributed by atoms with Crippen LogP contribution in [0.5, 0.6) is 0 Å². The standard InChI is InChI=1S/C43H61N5.C3H7.ClH.F6P.Pt/c1-3-5-7-9-11-13-15-17-19-25-34-47-40-32-23-21-28-36(40)45-42(47)38-30-27-31-39(44-38)43-46-37-29-22-24-33-41(37)48(43)35-26-20-18-16-14-12-10-8-6-4-2;1-3-2;;1-7(2,3,4,5)6;/h21-24,27-33H,3-20,25-26,34-35H2,1-2H3;3H,1-2H3;1H;;/q;+1;;-1;+1/p-1. The van der Waals surface area contributed by atoms with E-state index < -0.39 is 7.81 Å². The average molecular weight is 1070 g/mol. The number of rotatable bonds is 24. The number of aromatic nitrogens is 5. The molecule has 0 saturated carbocycles. The fraction of sp³-hybridized carbons (Fsp3) is 0.565. The number of benzene rings is 2. The van der Waals surface area contributed by atoms with E-state index in [1.165, 1.54) is 127 Å². The molecule has 0 spiro atoms. The molecule has 0 fully saturated rings. The van der Waals surface area contributed by atoms with E-state index in [0.29, 0.717) is 0 Å². The Hall–Kier alpha value is -2.61. The molecule has 5 nitrogen and oxygen atoms in total. The van der Waals surface area contributed by atoms with Crippen molar-refractivity contribution in [2.45, 2.75) is 169 Å². The predicted molar refractivity (Wildman–Crippen MR) is 240 cm³/mol. The van der Waals surface area contributed by atoms with Crippen LogP contribution in [0, 0.1) is 6.42 Å². The van der Waals surface area contributed by atoms with Crippen molar-refractivity contribution in [3.8, 4) is 23.0 Å². The summed E-state index contributed by atoms with van der Waals surface area (Å²) in [6, 6.07) is 23.5. The summed E-state index contributed by atoms with van der Waals surface area (Å²) in [5.41, 5.74) is 6.33. The minimum absolute atomic E-state index is 0.924. The van der Waals surface area contributed by atoms with Crippen LogP contribution >= 0.6 is 17.2 Å². The molecule has 14 heteroatoms. The van der Waals surface area contributed by atoms with Crippen molar-refractivity contribution in [1.29, 1.82) is 0 Å². The summed E-state index contributed by atoms with van der Waals surface area (Å²) in [6.45, 7) is 10.5. The first-order valence-electron chi connectivity index (χ1n) is 22.0. The number of hydrogen-bond acceptors (Lipinski definition) is 3. The van der Waals surface area contributed by atoms with Crippen LogP contribution in [0.1, 0.15) is 156 Å². The molecule has 0 N–H and O–H groups in total. The molecule has 3 aromatic heterocycles. The summed E-state index contributed by atoms with van der Waals surface area (Å²) in [4.78, 5) is 15.5. The van der Waals surface area contributed by atoms with Gasteiger partial charge in [0.2, 0.25) is 0 Å². The van der Waals surface area contributed by atoms with Gasteiger partial charge in [-0.15, -0.1) is 0 Å². The van der Waals surface area contributed by atoms with E-state index in [4.69, 9.17) is 15.0 Å². The number of imidazole rings is 2. The third-order valence-electron chi connectivity index (χ3n) is 9.99. The summed E-state index contributed by atoms with van der Waals surface area (Å²) in [6.07, 6.45) is 28.8. The molecule has 5 rings (SSSR count). The molecular formula is C46H68ClF6N5PPt. The normalized spacial score (nSPS) is 12.4. The SMILES string of the molecule is CCCCCCCCCCCCn1c(-c2cccc(-c3nc4ccccc4n3CCCCCCCCCCCC)n2)nc2ccccc21.C[CH+]C.F[P-](F)(F)(F)(F)F.[Cl][Pt]. The Bertz CT molecular complexity index is 1770. The number of para-hydroxylation sites is 4. The van der Waals surface area contributed by atoms with Crippen LogP contribution in [0.4, 0.5) is 25.2 Å². The van der Waals surface area contributed by atoms with Crippen LogP contribution in [-0.4, -0.2) is 24.1 Å². The van der Waals surface area contributed by atoms with Crippen LogP contribution in [-0.2, 0) is 31.9 Å². The molecule has 0 saturated heterocycles. The van der Waals surface area contributed by atoms with Gasteiger partial charge in [-0.25, -0.2) is 15.0 Å². The van der Waals surface area contributed by atoms with E-state index in [0.717, 1.165) is 60.0 Å². The van der Waals surface area contributed by atoms with Gasteiger partial charge in [0.1, 0.15) is 11.4 Å². The zero-order chi connectivity index (χ0) is 44.3. The molecule has 0 amide bonds. The Morgan fingerprint density at radius 1 is 0.467 bits per heavy atom. The second-order valence-electron chi connectivity index (χ2n) is 15.5. The fourth-order valence-electron chi connectivity index (χ4n) is 7.19. The number of aryl methyl sites for hydroxylation is 2. The average Bonchev–Trinajstić information content (AvgIpc) is 3.78. The first-order chi connectivity index (χ1) is 28.7. The van der Waals surface area contributed by atoms with Gasteiger partial charge in [-0.3, -0.25) is 0 Å². The van der Waals surface area contributed by atoms with Crippen LogP contribution in [0.2, 0.25) is 0 Å². The number of fused-ring (bicyclic) bond motifs is 2. The first kappa shape index (κ1) is 53.5. The van der Waals surface area contributed by atoms with Crippen molar-refractivity contribution in [2.75, 3.05) is 0 Å². The van der Waals surface area contributed by atoms with E-state index in [9.17, 15) is 25.2 Å². The monoisotopic (exact) mass is 1070 g/mol. The first-order valence-corrected chi connectivity index (χ1v) is 26.8. The Morgan fingerprint density at radius 3 is 1.07 bits per heavy atom. The fourth-order valence-corrected chi connectivity index (χ4v) is 7.19. The van der Waals surface area contributed by atoms with Gasteiger partial charge in [0.15, 0.2) is 11.6 Å². The van der Waals surface area contributed by atoms with Gasteiger partial charge in [0.05, 0.1) is 42.3 Å². The summed E-state index contributed by atoms with van der Waals surface area (Å²) < 4.78 is 64.0. The van der Waals surface area contributed by atoms with Crippen molar-refractivity contribution < 1.29 is 44.0 Å². The van der Waals surface area contributed by atoms with Crippen LogP contribution in [0.25, 0.3) is 45.1 Å². The molecule has 0 atom stereocenters. The van der Waals surface area contributed by atoms with Crippen molar-refractivity contribution in [2.24, 2.45) is 0 Å². The molecule has 0 aliphatic rings. The van der Waals surface area contributed by atoms with Crippen LogP contribution in [0.15, 0.2) is 66.7 Å². The number of unbranched alkanes of at least 4 members (excludes halogenated alkanes) is 18. The zero-order valence-corrected chi connectivity index (χ0v) is 40.1. The Morgan fingerprint density at radius 2 is 0.750 bits per heavy atom. The molecule has 0 radical (unpaired) electrons. The van der Waals surface area contributed by atoms with Gasteiger partial charge in [-0.05, 0) is 49.2 Å². The van der Waals surface area contributed by atoms with Crippen molar-refractivity contribution in [3.05, 3.63) is 73.2 Å². The molecule has 3 heterocycles. The van der Waals surface area contributed by atoms with Crippen LogP contribution in [0.3, 0.4) is 0 Å². The van der Waals surface area contributed by atoms with Gasteiger partial charge in [-0.2, -0.15) is 0 Å². The Labute approximate surface area is 371 Å². The maximum atomic E-state index is 9.87. The molecule has 60 heavy (non-hydrogen) atoms. The topological polar surface area (TPSA) is 48.5 Å². The minimum atomic E-state index is -10.7. The molecule has 0 unspecified atom stereocenters. The second-order valence-corrected chi connectivity index (χ2v) is 17.4. The Balaban J connectivity index is 0.000000915. The predicted octanol–water partition coefficient (Wildman–Crippen LogP) is 18.3. The van der Waals surface area contributed by atoms with Crippen LogP contribution < -0.4 is 0 Å². The van der Waals surface area contributed by atoms with Gasteiger partial charge >= 0.3 is 61.2 Å². The van der Waals surface area contributed by atoms with Crippen molar-refractivity contribution in [1.82, 2.24) is 24.1 Å². The van der Waals surface area contributed by atoms with E-state index in [-0.39, 0.29) is 0 Å². The Kier molecular flexibility index (Phi) is 24.5. The molecule has 341 valence electrons. The third kappa shape index (κ3) is 22.5. The molecular weight excluding hydrogens is 998 g/mol.